The number of hydrogen-bond acceptors (Lipinski definition) is 2. The summed E-state index contributed by atoms with van der Waals surface area (Å²) < 4.78 is 12.8. The predicted molar refractivity (Wildman–Crippen MR) is 48.5 cm³/mol. The van der Waals surface area contributed by atoms with E-state index < -0.39 is 11.9 Å². The van der Waals surface area contributed by atoms with E-state index in [1.54, 1.807) is 6.07 Å². The van der Waals surface area contributed by atoms with Gasteiger partial charge in [-0.05, 0) is 23.3 Å². The second-order valence-electron chi connectivity index (χ2n) is 3.36. The Labute approximate surface area is 80.6 Å². The standard InChI is InChI=1S/C10H10FNO2/c11-7-1-2-8-6(3-7)4-12-5-9(8)10(13)14/h1-3,9,12H,4-5H2,(H,13,14)/t9-/m1/s1. The Morgan fingerprint density at radius 2 is 2.36 bits per heavy atom. The number of hydrogen-bond donors (Lipinski definition) is 2. The van der Waals surface area contributed by atoms with Gasteiger partial charge in [0.2, 0.25) is 0 Å². The van der Waals surface area contributed by atoms with Crippen molar-refractivity contribution < 1.29 is 14.3 Å². The smallest absolute Gasteiger partial charge is 0.312 e. The molecule has 0 unspecified atom stereocenters. The van der Waals surface area contributed by atoms with Crippen LogP contribution in [0, 0.1) is 5.82 Å². The summed E-state index contributed by atoms with van der Waals surface area (Å²) in [6.07, 6.45) is 0. The van der Waals surface area contributed by atoms with Crippen molar-refractivity contribution in [3.8, 4) is 0 Å². The van der Waals surface area contributed by atoms with E-state index in [9.17, 15) is 9.18 Å². The molecule has 0 saturated heterocycles. The zero-order valence-corrected chi connectivity index (χ0v) is 7.46. The summed E-state index contributed by atoms with van der Waals surface area (Å²) in [4.78, 5) is 10.9. The summed E-state index contributed by atoms with van der Waals surface area (Å²) in [5.74, 6) is -1.75. The van der Waals surface area contributed by atoms with Crippen LogP contribution in [0.5, 0.6) is 0 Å². The molecule has 2 rings (SSSR count). The highest BCUT2D eigenvalue weighted by Crippen LogP contribution is 2.24. The van der Waals surface area contributed by atoms with E-state index in [1.807, 2.05) is 0 Å². The molecule has 1 aliphatic heterocycles. The fourth-order valence-corrected chi connectivity index (χ4v) is 1.75. The van der Waals surface area contributed by atoms with Crippen LogP contribution in [0.4, 0.5) is 4.39 Å². The average molecular weight is 195 g/mol. The minimum absolute atomic E-state index is 0.323. The van der Waals surface area contributed by atoms with Crippen LogP contribution in [0.15, 0.2) is 18.2 Å². The van der Waals surface area contributed by atoms with E-state index in [0.29, 0.717) is 13.1 Å². The Kier molecular flexibility index (Phi) is 2.21. The first-order chi connectivity index (χ1) is 6.68. The van der Waals surface area contributed by atoms with Crippen molar-refractivity contribution in [3.05, 3.63) is 35.1 Å². The summed E-state index contributed by atoms with van der Waals surface area (Å²) in [7, 11) is 0. The molecule has 0 amide bonds. The molecule has 0 radical (unpaired) electrons. The number of carboxylic acid groups (broad SMARTS) is 1. The van der Waals surface area contributed by atoms with Crippen molar-refractivity contribution >= 4 is 5.97 Å². The van der Waals surface area contributed by atoms with Crippen LogP contribution < -0.4 is 5.32 Å². The second kappa shape index (κ2) is 3.38. The van der Waals surface area contributed by atoms with Gasteiger partial charge in [-0.15, -0.1) is 0 Å². The van der Waals surface area contributed by atoms with Gasteiger partial charge < -0.3 is 10.4 Å². The van der Waals surface area contributed by atoms with Crippen molar-refractivity contribution in [2.24, 2.45) is 0 Å². The molecule has 3 nitrogen and oxygen atoms in total. The molecule has 1 atom stereocenters. The quantitative estimate of drug-likeness (QED) is 0.705. The summed E-state index contributed by atoms with van der Waals surface area (Å²) in [6.45, 7) is 0.949. The molecule has 1 heterocycles. The molecule has 4 heteroatoms. The van der Waals surface area contributed by atoms with Gasteiger partial charge in [0.1, 0.15) is 5.82 Å². The fraction of sp³-hybridized carbons (Fsp3) is 0.300. The third-order valence-electron chi connectivity index (χ3n) is 2.44. The lowest BCUT2D eigenvalue weighted by atomic mass is 9.91. The number of rotatable bonds is 1. The highest BCUT2D eigenvalue weighted by molar-refractivity contribution is 5.77. The van der Waals surface area contributed by atoms with Gasteiger partial charge in [-0.25, -0.2) is 4.39 Å². The first-order valence-corrected chi connectivity index (χ1v) is 4.40. The molecule has 0 spiro atoms. The van der Waals surface area contributed by atoms with E-state index in [4.69, 9.17) is 5.11 Å². The summed E-state index contributed by atoms with van der Waals surface area (Å²) in [6, 6.07) is 4.25. The van der Waals surface area contributed by atoms with Crippen LogP contribution in [0.3, 0.4) is 0 Å². The molecule has 1 aromatic rings. The Morgan fingerprint density at radius 3 is 3.07 bits per heavy atom. The third kappa shape index (κ3) is 1.48. The maximum atomic E-state index is 12.8. The normalized spacial score (nSPS) is 20.2. The van der Waals surface area contributed by atoms with Crippen LogP contribution in [0.1, 0.15) is 17.0 Å². The number of benzene rings is 1. The molecule has 1 aliphatic rings. The number of halogens is 1. The van der Waals surface area contributed by atoms with E-state index in [1.165, 1.54) is 12.1 Å². The molecule has 0 bridgehead atoms. The van der Waals surface area contributed by atoms with Gasteiger partial charge in [-0.2, -0.15) is 0 Å². The van der Waals surface area contributed by atoms with E-state index >= 15 is 0 Å². The van der Waals surface area contributed by atoms with Gasteiger partial charge in [0.15, 0.2) is 0 Å². The van der Waals surface area contributed by atoms with Gasteiger partial charge in [0.05, 0.1) is 5.92 Å². The minimum atomic E-state index is -0.870. The van der Waals surface area contributed by atoms with Crippen molar-refractivity contribution in [1.82, 2.24) is 5.32 Å². The SMILES string of the molecule is O=C(O)[C@@H]1CNCc2cc(F)ccc21. The largest absolute Gasteiger partial charge is 0.481 e. The Bertz CT molecular complexity index is 378. The minimum Gasteiger partial charge on any atom is -0.481 e. The predicted octanol–water partition coefficient (Wildman–Crippen LogP) is 1.10. The third-order valence-corrected chi connectivity index (χ3v) is 2.44. The Hall–Kier alpha value is -1.42. The lowest BCUT2D eigenvalue weighted by Crippen LogP contribution is -2.32. The van der Waals surface area contributed by atoms with E-state index in [0.717, 1.165) is 11.1 Å². The zero-order chi connectivity index (χ0) is 10.1. The van der Waals surface area contributed by atoms with Crippen molar-refractivity contribution in [2.45, 2.75) is 12.5 Å². The summed E-state index contributed by atoms with van der Waals surface area (Å²) in [5.41, 5.74) is 1.46. The number of carboxylic acids is 1. The molecule has 1 aromatic carbocycles. The highest BCUT2D eigenvalue weighted by Gasteiger charge is 2.25. The number of carbonyl (C=O) groups is 1. The molecule has 2 N–H and O–H groups in total. The lowest BCUT2D eigenvalue weighted by molar-refractivity contribution is -0.138. The maximum absolute atomic E-state index is 12.8. The van der Waals surface area contributed by atoms with E-state index in [-0.39, 0.29) is 5.82 Å². The first-order valence-electron chi connectivity index (χ1n) is 4.40. The van der Waals surface area contributed by atoms with E-state index in [2.05, 4.69) is 5.32 Å². The zero-order valence-electron chi connectivity index (χ0n) is 7.46. The average Bonchev–Trinajstić information content (AvgIpc) is 2.16. The van der Waals surface area contributed by atoms with Gasteiger partial charge in [0, 0.05) is 13.1 Å². The number of nitrogens with one attached hydrogen (secondary N) is 1. The van der Waals surface area contributed by atoms with Gasteiger partial charge in [-0.3, -0.25) is 4.79 Å². The molecule has 0 fully saturated rings. The lowest BCUT2D eigenvalue weighted by Gasteiger charge is -2.23. The van der Waals surface area contributed by atoms with Gasteiger partial charge in [0.25, 0.3) is 0 Å². The van der Waals surface area contributed by atoms with Crippen LogP contribution in [0.25, 0.3) is 0 Å². The van der Waals surface area contributed by atoms with Crippen molar-refractivity contribution in [1.29, 1.82) is 0 Å². The topological polar surface area (TPSA) is 49.3 Å². The second-order valence-corrected chi connectivity index (χ2v) is 3.36. The maximum Gasteiger partial charge on any atom is 0.312 e. The highest BCUT2D eigenvalue weighted by atomic mass is 19.1. The van der Waals surface area contributed by atoms with Crippen molar-refractivity contribution in [3.63, 3.8) is 0 Å². The summed E-state index contributed by atoms with van der Waals surface area (Å²) >= 11 is 0. The first kappa shape index (κ1) is 9.15. The fourth-order valence-electron chi connectivity index (χ4n) is 1.75. The summed E-state index contributed by atoms with van der Waals surface area (Å²) in [5, 5.41) is 11.9. The molecule has 74 valence electrons. The molecular formula is C10H10FNO2. The molecule has 14 heavy (non-hydrogen) atoms. The van der Waals surface area contributed by atoms with Crippen molar-refractivity contribution in [2.75, 3.05) is 6.54 Å². The molecule has 0 aliphatic carbocycles. The van der Waals surface area contributed by atoms with Gasteiger partial charge in [-0.1, -0.05) is 6.07 Å². The number of fused-ring (bicyclic) bond motifs is 1. The molecular weight excluding hydrogens is 185 g/mol. The Balaban J connectivity index is 2.44. The van der Waals surface area contributed by atoms with Crippen LogP contribution >= 0.6 is 0 Å². The van der Waals surface area contributed by atoms with Gasteiger partial charge >= 0.3 is 5.97 Å². The van der Waals surface area contributed by atoms with Crippen LogP contribution in [-0.4, -0.2) is 17.6 Å². The molecule has 0 saturated carbocycles. The van der Waals surface area contributed by atoms with Crippen LogP contribution in [0.2, 0.25) is 0 Å². The monoisotopic (exact) mass is 195 g/mol. The Morgan fingerprint density at radius 1 is 1.57 bits per heavy atom. The number of aliphatic carboxylic acids is 1. The molecule has 0 aromatic heterocycles. The van der Waals surface area contributed by atoms with Crippen LogP contribution in [-0.2, 0) is 11.3 Å².